The molecule has 0 aliphatic heterocycles. The van der Waals surface area contributed by atoms with Crippen molar-refractivity contribution < 1.29 is 14.3 Å². The van der Waals surface area contributed by atoms with Gasteiger partial charge in [0.25, 0.3) is 0 Å². The van der Waals surface area contributed by atoms with Crippen LogP contribution < -0.4 is 4.74 Å². The molecule has 1 aliphatic rings. The molecule has 0 bridgehead atoms. The SMILES string of the molecule is C=CC(OC(=O)C1C(C=C(Cl)Cl)C1(C)C)c1cccc(Oc2ccccc2)c1. The maximum atomic E-state index is 12.7. The average molecular weight is 417 g/mol. The summed E-state index contributed by atoms with van der Waals surface area (Å²) < 4.78 is 11.8. The van der Waals surface area contributed by atoms with Crippen LogP contribution >= 0.6 is 23.2 Å². The highest BCUT2D eigenvalue weighted by Gasteiger charge is 2.61. The average Bonchev–Trinajstić information content (AvgIpc) is 3.20. The predicted molar refractivity (Wildman–Crippen MR) is 113 cm³/mol. The molecule has 0 amide bonds. The second-order valence-corrected chi connectivity index (χ2v) is 8.37. The van der Waals surface area contributed by atoms with E-state index in [9.17, 15) is 4.79 Å². The van der Waals surface area contributed by atoms with Crippen LogP contribution in [0.25, 0.3) is 0 Å². The Morgan fingerprint density at radius 2 is 1.79 bits per heavy atom. The first-order chi connectivity index (χ1) is 13.3. The number of esters is 1. The summed E-state index contributed by atoms with van der Waals surface area (Å²) in [5.74, 6) is 0.779. The number of carbonyl (C=O) groups is 1. The van der Waals surface area contributed by atoms with E-state index < -0.39 is 6.10 Å². The van der Waals surface area contributed by atoms with Gasteiger partial charge < -0.3 is 9.47 Å². The molecule has 0 radical (unpaired) electrons. The Kier molecular flexibility index (Phi) is 6.17. The van der Waals surface area contributed by atoms with Crippen molar-refractivity contribution in [1.29, 1.82) is 0 Å². The van der Waals surface area contributed by atoms with Gasteiger partial charge in [0.2, 0.25) is 0 Å². The summed E-state index contributed by atoms with van der Waals surface area (Å²) in [7, 11) is 0. The summed E-state index contributed by atoms with van der Waals surface area (Å²) in [6, 6.07) is 16.9. The van der Waals surface area contributed by atoms with Gasteiger partial charge in [-0.25, -0.2) is 0 Å². The summed E-state index contributed by atoms with van der Waals surface area (Å²) >= 11 is 11.5. The van der Waals surface area contributed by atoms with Crippen molar-refractivity contribution in [2.75, 3.05) is 0 Å². The molecule has 1 aliphatic carbocycles. The molecule has 3 nitrogen and oxygen atoms in total. The zero-order chi connectivity index (χ0) is 20.3. The second kappa shape index (κ2) is 8.42. The number of para-hydroxylation sites is 1. The van der Waals surface area contributed by atoms with Crippen molar-refractivity contribution in [2.45, 2.75) is 20.0 Å². The third-order valence-electron chi connectivity index (χ3n) is 5.09. The number of allylic oxidation sites excluding steroid dienone is 1. The lowest BCUT2D eigenvalue weighted by molar-refractivity contribution is -0.149. The van der Waals surface area contributed by atoms with Crippen molar-refractivity contribution in [3.63, 3.8) is 0 Å². The van der Waals surface area contributed by atoms with Crippen LogP contribution in [0.2, 0.25) is 0 Å². The maximum absolute atomic E-state index is 12.7. The Labute approximate surface area is 175 Å². The number of halogens is 2. The molecule has 1 saturated carbocycles. The summed E-state index contributed by atoms with van der Waals surface area (Å²) in [4.78, 5) is 12.7. The van der Waals surface area contributed by atoms with Crippen LogP contribution in [-0.4, -0.2) is 5.97 Å². The van der Waals surface area contributed by atoms with Crippen molar-refractivity contribution in [3.05, 3.63) is 83.4 Å². The van der Waals surface area contributed by atoms with Gasteiger partial charge in [0.15, 0.2) is 0 Å². The van der Waals surface area contributed by atoms with Gasteiger partial charge in [0.1, 0.15) is 22.1 Å². The van der Waals surface area contributed by atoms with Gasteiger partial charge >= 0.3 is 5.97 Å². The molecule has 0 N–H and O–H groups in total. The summed E-state index contributed by atoms with van der Waals surface area (Å²) in [6.45, 7) is 7.80. The van der Waals surface area contributed by atoms with Gasteiger partial charge in [-0.15, -0.1) is 0 Å². The molecule has 5 heteroatoms. The molecule has 3 rings (SSSR count). The van der Waals surface area contributed by atoms with E-state index in [1.54, 1.807) is 12.2 Å². The fraction of sp³-hybridized carbons (Fsp3) is 0.261. The van der Waals surface area contributed by atoms with Gasteiger partial charge in [-0.3, -0.25) is 4.79 Å². The zero-order valence-electron chi connectivity index (χ0n) is 15.8. The van der Waals surface area contributed by atoms with Crippen molar-refractivity contribution >= 4 is 29.2 Å². The van der Waals surface area contributed by atoms with Crippen LogP contribution in [0.3, 0.4) is 0 Å². The topological polar surface area (TPSA) is 35.5 Å². The first-order valence-electron chi connectivity index (χ1n) is 9.01. The summed E-state index contributed by atoms with van der Waals surface area (Å²) in [5, 5.41) is 0. The first kappa shape index (κ1) is 20.5. The Balaban J connectivity index is 1.72. The predicted octanol–water partition coefficient (Wildman–Crippen LogP) is 6.84. The van der Waals surface area contributed by atoms with Crippen LogP contribution in [-0.2, 0) is 9.53 Å². The van der Waals surface area contributed by atoms with Crippen molar-refractivity contribution in [2.24, 2.45) is 17.3 Å². The largest absolute Gasteiger partial charge is 0.457 e. The molecule has 2 aromatic carbocycles. The lowest BCUT2D eigenvalue weighted by atomic mass is 10.1. The molecule has 28 heavy (non-hydrogen) atoms. The van der Waals surface area contributed by atoms with Gasteiger partial charge in [-0.05, 0) is 47.8 Å². The molecular formula is C23H22Cl2O3. The fourth-order valence-electron chi connectivity index (χ4n) is 3.40. The smallest absolute Gasteiger partial charge is 0.311 e. The van der Waals surface area contributed by atoms with Crippen molar-refractivity contribution in [1.82, 2.24) is 0 Å². The fourth-order valence-corrected chi connectivity index (χ4v) is 3.68. The quantitative estimate of drug-likeness (QED) is 0.366. The molecule has 0 aromatic heterocycles. The van der Waals surface area contributed by atoms with Crippen molar-refractivity contribution in [3.8, 4) is 11.5 Å². The van der Waals surface area contributed by atoms with Crippen LogP contribution in [0.15, 0.2) is 77.8 Å². The zero-order valence-corrected chi connectivity index (χ0v) is 17.3. The van der Waals surface area contributed by atoms with E-state index in [-0.39, 0.29) is 27.7 Å². The highest BCUT2D eigenvalue weighted by atomic mass is 35.5. The third-order valence-corrected chi connectivity index (χ3v) is 5.34. The lowest BCUT2D eigenvalue weighted by Crippen LogP contribution is -2.14. The van der Waals surface area contributed by atoms with E-state index in [1.807, 2.05) is 68.4 Å². The molecule has 2 aromatic rings. The van der Waals surface area contributed by atoms with Crippen LogP contribution in [0.4, 0.5) is 0 Å². The van der Waals surface area contributed by atoms with Gasteiger partial charge in [0, 0.05) is 5.56 Å². The number of ether oxygens (including phenoxy) is 2. The Morgan fingerprint density at radius 1 is 1.11 bits per heavy atom. The maximum Gasteiger partial charge on any atom is 0.311 e. The second-order valence-electron chi connectivity index (χ2n) is 7.36. The van der Waals surface area contributed by atoms with Crippen LogP contribution in [0.5, 0.6) is 11.5 Å². The molecular weight excluding hydrogens is 395 g/mol. The molecule has 146 valence electrons. The van der Waals surface area contributed by atoms with Crippen LogP contribution in [0, 0.1) is 17.3 Å². The molecule has 3 unspecified atom stereocenters. The minimum atomic E-state index is -0.570. The first-order valence-corrected chi connectivity index (χ1v) is 9.77. The standard InChI is InChI=1S/C23H22Cl2O3/c1-4-19(28-22(26)21-18(14-20(24)25)23(21,2)3)15-9-8-12-17(13-15)27-16-10-6-5-7-11-16/h4-14,18-19,21H,1H2,2-3H3. The van der Waals surface area contributed by atoms with E-state index >= 15 is 0 Å². The molecule has 0 heterocycles. The Bertz CT molecular complexity index is 886. The minimum absolute atomic E-state index is 0.0387. The number of hydrogen-bond donors (Lipinski definition) is 0. The molecule has 0 saturated heterocycles. The number of carbonyl (C=O) groups excluding carboxylic acids is 1. The van der Waals surface area contributed by atoms with Gasteiger partial charge in [-0.2, -0.15) is 0 Å². The number of hydrogen-bond acceptors (Lipinski definition) is 3. The van der Waals surface area contributed by atoms with E-state index in [0.29, 0.717) is 5.75 Å². The third kappa shape index (κ3) is 4.60. The molecule has 3 atom stereocenters. The van der Waals surface area contributed by atoms with Gasteiger partial charge in [0.05, 0.1) is 5.92 Å². The highest BCUT2D eigenvalue weighted by molar-refractivity contribution is 6.55. The highest BCUT2D eigenvalue weighted by Crippen LogP contribution is 2.60. The molecule has 1 fully saturated rings. The summed E-state index contributed by atoms with van der Waals surface area (Å²) in [6.07, 6.45) is 2.74. The van der Waals surface area contributed by atoms with E-state index in [4.69, 9.17) is 32.7 Å². The van der Waals surface area contributed by atoms with E-state index in [2.05, 4.69) is 6.58 Å². The summed E-state index contributed by atoms with van der Waals surface area (Å²) in [5.41, 5.74) is 0.550. The number of rotatable bonds is 7. The van der Waals surface area contributed by atoms with E-state index in [1.165, 1.54) is 0 Å². The monoisotopic (exact) mass is 416 g/mol. The lowest BCUT2D eigenvalue weighted by Gasteiger charge is -2.16. The van der Waals surface area contributed by atoms with Gasteiger partial charge in [-0.1, -0.05) is 74.0 Å². The number of benzene rings is 2. The normalized spacial score (nSPS) is 20.6. The van der Waals surface area contributed by atoms with Crippen LogP contribution in [0.1, 0.15) is 25.5 Å². The molecule has 0 spiro atoms. The minimum Gasteiger partial charge on any atom is -0.457 e. The Morgan fingerprint density at radius 3 is 2.43 bits per heavy atom. The Hall–Kier alpha value is -2.23. The van der Waals surface area contributed by atoms with E-state index in [0.717, 1.165) is 11.3 Å².